The van der Waals surface area contributed by atoms with E-state index >= 15 is 0 Å². The van der Waals surface area contributed by atoms with Crippen LogP contribution in [0.5, 0.6) is 0 Å². The second-order valence-electron chi connectivity index (χ2n) is 5.09. The summed E-state index contributed by atoms with van der Waals surface area (Å²) in [6.45, 7) is 4.22. The Morgan fingerprint density at radius 2 is 1.85 bits per heavy atom. The van der Waals surface area contributed by atoms with Gasteiger partial charge in [-0.05, 0) is 24.1 Å². The summed E-state index contributed by atoms with van der Waals surface area (Å²) in [6, 6.07) is 7.25. The van der Waals surface area contributed by atoms with Crippen molar-refractivity contribution in [3.8, 4) is 0 Å². The van der Waals surface area contributed by atoms with Crippen molar-refractivity contribution in [3.63, 3.8) is 0 Å². The van der Waals surface area contributed by atoms with Crippen molar-refractivity contribution in [1.82, 2.24) is 4.90 Å². The fourth-order valence-corrected chi connectivity index (χ4v) is 2.11. The number of amides is 2. The zero-order valence-electron chi connectivity index (χ0n) is 12.1. The van der Waals surface area contributed by atoms with Gasteiger partial charge in [-0.1, -0.05) is 32.4 Å². The van der Waals surface area contributed by atoms with Crippen molar-refractivity contribution in [3.05, 3.63) is 29.8 Å². The standard InChI is InChI=1S/C15H23N3O2/c1-3-4-11(2)15(20)18(10-14(17)19)9-12-5-7-13(16)8-6-12/h5-8,11H,3-4,9-10,16H2,1-2H3,(H2,17,19). The van der Waals surface area contributed by atoms with Crippen LogP contribution in [0.3, 0.4) is 0 Å². The van der Waals surface area contributed by atoms with E-state index in [0.717, 1.165) is 18.4 Å². The largest absolute Gasteiger partial charge is 0.399 e. The second-order valence-corrected chi connectivity index (χ2v) is 5.09. The third kappa shape index (κ3) is 4.91. The fraction of sp³-hybridized carbons (Fsp3) is 0.467. The summed E-state index contributed by atoms with van der Waals surface area (Å²) >= 11 is 0. The van der Waals surface area contributed by atoms with Crippen LogP contribution in [-0.2, 0) is 16.1 Å². The molecule has 110 valence electrons. The van der Waals surface area contributed by atoms with Crippen LogP contribution in [-0.4, -0.2) is 23.3 Å². The molecule has 0 saturated carbocycles. The lowest BCUT2D eigenvalue weighted by Gasteiger charge is -2.24. The lowest BCUT2D eigenvalue weighted by atomic mass is 10.0. The maximum absolute atomic E-state index is 12.3. The molecule has 1 atom stereocenters. The Balaban J connectivity index is 2.80. The summed E-state index contributed by atoms with van der Waals surface area (Å²) in [5, 5.41) is 0. The highest BCUT2D eigenvalue weighted by Gasteiger charge is 2.21. The predicted octanol–water partition coefficient (Wildman–Crippen LogP) is 1.52. The first kappa shape index (κ1) is 16.0. The Labute approximate surface area is 119 Å². The Morgan fingerprint density at radius 1 is 1.25 bits per heavy atom. The van der Waals surface area contributed by atoms with Gasteiger partial charge in [-0.15, -0.1) is 0 Å². The number of primary amides is 1. The average molecular weight is 277 g/mol. The molecule has 2 amide bonds. The van der Waals surface area contributed by atoms with E-state index in [2.05, 4.69) is 0 Å². The number of hydrogen-bond acceptors (Lipinski definition) is 3. The van der Waals surface area contributed by atoms with Crippen LogP contribution in [0.4, 0.5) is 5.69 Å². The average Bonchev–Trinajstić information content (AvgIpc) is 2.39. The normalized spacial score (nSPS) is 11.9. The molecule has 0 heterocycles. The molecule has 0 aliphatic carbocycles. The number of benzene rings is 1. The van der Waals surface area contributed by atoms with Gasteiger partial charge in [0, 0.05) is 18.2 Å². The predicted molar refractivity (Wildman–Crippen MR) is 79.5 cm³/mol. The number of carbonyl (C=O) groups excluding carboxylic acids is 2. The SMILES string of the molecule is CCCC(C)C(=O)N(CC(N)=O)Cc1ccc(N)cc1. The molecule has 1 rings (SSSR count). The van der Waals surface area contributed by atoms with E-state index in [1.165, 1.54) is 4.90 Å². The third-order valence-corrected chi connectivity index (χ3v) is 3.15. The second kappa shape index (κ2) is 7.53. The van der Waals surface area contributed by atoms with Gasteiger partial charge < -0.3 is 16.4 Å². The maximum Gasteiger partial charge on any atom is 0.237 e. The lowest BCUT2D eigenvalue weighted by molar-refractivity contribution is -0.139. The highest BCUT2D eigenvalue weighted by molar-refractivity contribution is 5.84. The van der Waals surface area contributed by atoms with E-state index < -0.39 is 5.91 Å². The van der Waals surface area contributed by atoms with Crippen molar-refractivity contribution in [2.75, 3.05) is 12.3 Å². The van der Waals surface area contributed by atoms with Crippen molar-refractivity contribution < 1.29 is 9.59 Å². The molecule has 0 bridgehead atoms. The molecule has 1 aromatic carbocycles. The first-order valence-electron chi connectivity index (χ1n) is 6.85. The van der Waals surface area contributed by atoms with Crippen LogP contribution in [0.1, 0.15) is 32.3 Å². The Kier molecular flexibility index (Phi) is 6.03. The molecule has 0 spiro atoms. The number of hydrogen-bond donors (Lipinski definition) is 2. The zero-order chi connectivity index (χ0) is 15.1. The quantitative estimate of drug-likeness (QED) is 0.740. The first-order valence-corrected chi connectivity index (χ1v) is 6.85. The maximum atomic E-state index is 12.3. The molecule has 1 aromatic rings. The molecule has 0 aliphatic rings. The summed E-state index contributed by atoms with van der Waals surface area (Å²) < 4.78 is 0. The highest BCUT2D eigenvalue weighted by atomic mass is 16.2. The van der Waals surface area contributed by atoms with Crippen LogP contribution in [0.2, 0.25) is 0 Å². The van der Waals surface area contributed by atoms with Crippen LogP contribution in [0.25, 0.3) is 0 Å². The van der Waals surface area contributed by atoms with E-state index in [9.17, 15) is 9.59 Å². The summed E-state index contributed by atoms with van der Waals surface area (Å²) in [5.74, 6) is -0.645. The smallest absolute Gasteiger partial charge is 0.237 e. The number of nitrogens with zero attached hydrogens (tertiary/aromatic N) is 1. The molecule has 0 radical (unpaired) electrons. The van der Waals surface area contributed by atoms with Crippen molar-refractivity contribution in [2.45, 2.75) is 33.2 Å². The third-order valence-electron chi connectivity index (χ3n) is 3.15. The van der Waals surface area contributed by atoms with Crippen molar-refractivity contribution >= 4 is 17.5 Å². The number of carbonyl (C=O) groups is 2. The van der Waals surface area contributed by atoms with E-state index in [0.29, 0.717) is 12.2 Å². The molecule has 0 aromatic heterocycles. The van der Waals surface area contributed by atoms with E-state index in [4.69, 9.17) is 11.5 Å². The van der Waals surface area contributed by atoms with Gasteiger partial charge in [0.2, 0.25) is 11.8 Å². The number of rotatable bonds is 7. The topological polar surface area (TPSA) is 89.4 Å². The first-order chi connectivity index (χ1) is 9.43. The van der Waals surface area contributed by atoms with Crippen molar-refractivity contribution in [2.24, 2.45) is 11.7 Å². The van der Waals surface area contributed by atoms with Crippen LogP contribution in [0.15, 0.2) is 24.3 Å². The summed E-state index contributed by atoms with van der Waals surface area (Å²) in [7, 11) is 0. The molecule has 5 nitrogen and oxygen atoms in total. The summed E-state index contributed by atoms with van der Waals surface area (Å²) in [6.07, 6.45) is 1.73. The molecule has 5 heteroatoms. The van der Waals surface area contributed by atoms with Gasteiger partial charge in [0.15, 0.2) is 0 Å². The van der Waals surface area contributed by atoms with Crippen LogP contribution in [0, 0.1) is 5.92 Å². The van der Waals surface area contributed by atoms with Gasteiger partial charge in [0.1, 0.15) is 0 Å². The molecule has 0 saturated heterocycles. The monoisotopic (exact) mass is 277 g/mol. The molecule has 4 N–H and O–H groups in total. The van der Waals surface area contributed by atoms with Gasteiger partial charge in [-0.25, -0.2) is 0 Å². The van der Waals surface area contributed by atoms with Gasteiger partial charge in [0.25, 0.3) is 0 Å². The molecule has 1 unspecified atom stereocenters. The van der Waals surface area contributed by atoms with E-state index in [1.807, 2.05) is 26.0 Å². The number of nitrogen functional groups attached to an aromatic ring is 1. The van der Waals surface area contributed by atoms with Gasteiger partial charge >= 0.3 is 0 Å². The molecule has 0 aliphatic heterocycles. The van der Waals surface area contributed by atoms with E-state index in [-0.39, 0.29) is 18.4 Å². The van der Waals surface area contributed by atoms with E-state index in [1.54, 1.807) is 12.1 Å². The molecular formula is C15H23N3O2. The molecule has 0 fully saturated rings. The minimum atomic E-state index is -0.502. The van der Waals surface area contributed by atoms with Crippen LogP contribution >= 0.6 is 0 Å². The minimum Gasteiger partial charge on any atom is -0.399 e. The zero-order valence-corrected chi connectivity index (χ0v) is 12.1. The highest BCUT2D eigenvalue weighted by Crippen LogP contribution is 2.14. The Bertz CT molecular complexity index is 457. The molecule has 20 heavy (non-hydrogen) atoms. The molecular weight excluding hydrogens is 254 g/mol. The van der Waals surface area contributed by atoms with Crippen molar-refractivity contribution in [1.29, 1.82) is 0 Å². The van der Waals surface area contributed by atoms with Gasteiger partial charge in [0.05, 0.1) is 6.54 Å². The number of anilines is 1. The van der Waals surface area contributed by atoms with Gasteiger partial charge in [-0.2, -0.15) is 0 Å². The Hall–Kier alpha value is -2.04. The van der Waals surface area contributed by atoms with Gasteiger partial charge in [-0.3, -0.25) is 9.59 Å². The Morgan fingerprint density at radius 3 is 2.35 bits per heavy atom. The lowest BCUT2D eigenvalue weighted by Crippen LogP contribution is -2.40. The summed E-state index contributed by atoms with van der Waals surface area (Å²) in [4.78, 5) is 25.0. The summed E-state index contributed by atoms with van der Waals surface area (Å²) in [5.41, 5.74) is 12.5. The number of nitrogens with two attached hydrogens (primary N) is 2. The minimum absolute atomic E-state index is 0.0394. The fourth-order valence-electron chi connectivity index (χ4n) is 2.11. The van der Waals surface area contributed by atoms with Crippen LogP contribution < -0.4 is 11.5 Å².